The Morgan fingerprint density at radius 2 is 1.93 bits per heavy atom. The van der Waals surface area contributed by atoms with Crippen LogP contribution >= 0.6 is 0 Å². The van der Waals surface area contributed by atoms with Gasteiger partial charge < -0.3 is 9.72 Å². The number of aromatic nitrogens is 1. The van der Waals surface area contributed by atoms with Crippen molar-refractivity contribution in [2.45, 2.75) is 64.5 Å². The number of carbonyl (C=O) groups excluding carboxylic acids is 1. The lowest BCUT2D eigenvalue weighted by molar-refractivity contribution is 0.0557. The van der Waals surface area contributed by atoms with E-state index >= 15 is 0 Å². The van der Waals surface area contributed by atoms with E-state index in [-0.39, 0.29) is 17.7 Å². The number of rotatable bonds is 3. The molecule has 1 amide bonds. The first-order valence-electron chi connectivity index (χ1n) is 9.69. The van der Waals surface area contributed by atoms with Crippen LogP contribution in [-0.4, -0.2) is 22.7 Å². The van der Waals surface area contributed by atoms with Crippen LogP contribution in [0, 0.1) is 17.1 Å². The van der Waals surface area contributed by atoms with Gasteiger partial charge in [0.1, 0.15) is 23.3 Å². The lowest BCUT2D eigenvalue weighted by atomic mass is 9.94. The summed E-state index contributed by atoms with van der Waals surface area (Å²) in [5.41, 5.74) is 0.821. The number of aromatic amines is 1. The van der Waals surface area contributed by atoms with E-state index in [0.717, 1.165) is 31.2 Å². The largest absolute Gasteiger partial charge is 0.443 e. The van der Waals surface area contributed by atoms with E-state index in [9.17, 15) is 9.18 Å². The maximum absolute atomic E-state index is 14.0. The van der Waals surface area contributed by atoms with Gasteiger partial charge in [-0.15, -0.1) is 0 Å². The Balaban J connectivity index is 1.91. The Labute approximate surface area is 165 Å². The van der Waals surface area contributed by atoms with Crippen LogP contribution in [0.15, 0.2) is 30.5 Å². The van der Waals surface area contributed by atoms with Crippen LogP contribution in [0.4, 0.5) is 15.0 Å². The maximum Gasteiger partial charge on any atom is 0.416 e. The van der Waals surface area contributed by atoms with Gasteiger partial charge in [-0.3, -0.25) is 4.90 Å². The number of hydrogen-bond acceptors (Lipinski definition) is 3. The molecule has 1 aromatic carbocycles. The molecule has 2 aromatic rings. The van der Waals surface area contributed by atoms with Crippen LogP contribution < -0.4 is 4.90 Å². The Kier molecular flexibility index (Phi) is 5.73. The van der Waals surface area contributed by atoms with E-state index in [1.807, 2.05) is 32.9 Å². The van der Waals surface area contributed by atoms with Gasteiger partial charge in [-0.1, -0.05) is 25.3 Å². The van der Waals surface area contributed by atoms with Crippen molar-refractivity contribution >= 4 is 11.9 Å². The van der Waals surface area contributed by atoms with Crippen LogP contribution in [0.1, 0.15) is 58.4 Å². The number of hydrogen-bond donors (Lipinski definition) is 1. The fourth-order valence-electron chi connectivity index (χ4n) is 3.57. The van der Waals surface area contributed by atoms with Gasteiger partial charge in [0.25, 0.3) is 0 Å². The Morgan fingerprint density at radius 1 is 1.21 bits per heavy atom. The standard InChI is InChI=1S/C22H26FN3O2/c1-22(2,3)28-21(27)26(18-7-5-4-6-8-18)20-12-17(14-25-20)15-9-10-16(13-24)19(23)11-15/h9-12,14,18,25H,4-8H2,1-3H3. The number of nitrogens with one attached hydrogen (secondary N) is 1. The fraction of sp³-hybridized carbons (Fsp3) is 0.455. The number of nitrogens with zero attached hydrogens (tertiary/aromatic N) is 2. The van der Waals surface area contributed by atoms with Crippen molar-refractivity contribution in [3.63, 3.8) is 0 Å². The highest BCUT2D eigenvalue weighted by molar-refractivity contribution is 5.88. The number of anilines is 1. The number of amides is 1. The van der Waals surface area contributed by atoms with Gasteiger partial charge in [-0.25, -0.2) is 9.18 Å². The molecule has 1 aliphatic carbocycles. The fourth-order valence-corrected chi connectivity index (χ4v) is 3.57. The molecule has 0 unspecified atom stereocenters. The highest BCUT2D eigenvalue weighted by Gasteiger charge is 2.31. The van der Waals surface area contributed by atoms with Crippen molar-refractivity contribution in [3.8, 4) is 17.2 Å². The first-order valence-corrected chi connectivity index (χ1v) is 9.69. The van der Waals surface area contributed by atoms with E-state index in [0.29, 0.717) is 11.4 Å². The Bertz CT molecular complexity index is 886. The van der Waals surface area contributed by atoms with Gasteiger partial charge in [0, 0.05) is 17.8 Å². The average molecular weight is 383 g/mol. The summed E-state index contributed by atoms with van der Waals surface area (Å²) in [6.07, 6.45) is 6.57. The summed E-state index contributed by atoms with van der Waals surface area (Å²) >= 11 is 0. The molecule has 0 aliphatic heterocycles. The first kappa shape index (κ1) is 19.9. The zero-order valence-electron chi connectivity index (χ0n) is 16.6. The maximum atomic E-state index is 14.0. The molecule has 1 aromatic heterocycles. The summed E-state index contributed by atoms with van der Waals surface area (Å²) in [6, 6.07) is 8.24. The van der Waals surface area contributed by atoms with Gasteiger partial charge in [0.05, 0.1) is 5.56 Å². The van der Waals surface area contributed by atoms with Crippen molar-refractivity contribution in [2.24, 2.45) is 0 Å². The lowest BCUT2D eigenvalue weighted by Crippen LogP contribution is -2.44. The van der Waals surface area contributed by atoms with Gasteiger partial charge in [0.15, 0.2) is 0 Å². The van der Waals surface area contributed by atoms with E-state index in [2.05, 4.69) is 4.98 Å². The first-order chi connectivity index (χ1) is 13.3. The lowest BCUT2D eigenvalue weighted by Gasteiger charge is -2.34. The molecule has 1 saturated carbocycles. The number of benzene rings is 1. The molecule has 0 spiro atoms. The molecule has 5 nitrogen and oxygen atoms in total. The monoisotopic (exact) mass is 383 g/mol. The third kappa shape index (κ3) is 4.53. The molecule has 0 radical (unpaired) electrons. The second-order valence-electron chi connectivity index (χ2n) is 8.22. The van der Waals surface area contributed by atoms with Crippen molar-refractivity contribution in [1.29, 1.82) is 5.26 Å². The molecule has 28 heavy (non-hydrogen) atoms. The van der Waals surface area contributed by atoms with E-state index in [1.165, 1.54) is 18.6 Å². The summed E-state index contributed by atoms with van der Waals surface area (Å²) < 4.78 is 19.6. The SMILES string of the molecule is CC(C)(C)OC(=O)N(c1cc(-c2ccc(C#N)c(F)c2)c[nH]1)C1CCCCC1. The topological polar surface area (TPSA) is 69.1 Å². The molecule has 1 fully saturated rings. The molecule has 0 bridgehead atoms. The van der Waals surface area contributed by atoms with Crippen molar-refractivity contribution in [1.82, 2.24) is 4.98 Å². The second kappa shape index (κ2) is 8.05. The molecule has 6 heteroatoms. The minimum absolute atomic E-state index is 0.0112. The van der Waals surface area contributed by atoms with Crippen LogP contribution in [0.3, 0.4) is 0 Å². The molecule has 3 rings (SSSR count). The number of nitriles is 1. The van der Waals surface area contributed by atoms with E-state index in [1.54, 1.807) is 17.2 Å². The summed E-state index contributed by atoms with van der Waals surface area (Å²) in [5.74, 6) is 0.0833. The third-order valence-electron chi connectivity index (χ3n) is 4.88. The number of H-pyrrole nitrogens is 1. The van der Waals surface area contributed by atoms with Gasteiger partial charge in [0.2, 0.25) is 0 Å². The summed E-state index contributed by atoms with van der Waals surface area (Å²) in [6.45, 7) is 5.55. The molecule has 1 heterocycles. The molecule has 1 aliphatic rings. The van der Waals surface area contributed by atoms with E-state index < -0.39 is 11.4 Å². The van der Waals surface area contributed by atoms with Crippen molar-refractivity contribution in [3.05, 3.63) is 41.8 Å². The average Bonchev–Trinajstić information content (AvgIpc) is 3.11. The normalized spacial score (nSPS) is 15.1. The molecule has 1 N–H and O–H groups in total. The minimum atomic E-state index is -0.588. The third-order valence-corrected chi connectivity index (χ3v) is 4.88. The summed E-state index contributed by atoms with van der Waals surface area (Å²) in [4.78, 5) is 17.8. The van der Waals surface area contributed by atoms with Gasteiger partial charge >= 0.3 is 6.09 Å². The summed E-state index contributed by atoms with van der Waals surface area (Å²) in [5, 5.41) is 8.90. The molecule has 0 saturated heterocycles. The zero-order valence-corrected chi connectivity index (χ0v) is 16.6. The quantitative estimate of drug-likeness (QED) is 0.732. The molecule has 148 valence electrons. The summed E-state index contributed by atoms with van der Waals surface area (Å²) in [7, 11) is 0. The predicted octanol–water partition coefficient (Wildman–Crippen LogP) is 5.77. The van der Waals surface area contributed by atoms with Crippen molar-refractivity contribution < 1.29 is 13.9 Å². The Hall–Kier alpha value is -2.81. The van der Waals surface area contributed by atoms with Crippen LogP contribution in [0.25, 0.3) is 11.1 Å². The van der Waals surface area contributed by atoms with Gasteiger partial charge in [-0.2, -0.15) is 5.26 Å². The van der Waals surface area contributed by atoms with E-state index in [4.69, 9.17) is 10.00 Å². The zero-order chi connectivity index (χ0) is 20.3. The Morgan fingerprint density at radius 3 is 2.54 bits per heavy atom. The molecular weight excluding hydrogens is 357 g/mol. The highest BCUT2D eigenvalue weighted by Crippen LogP contribution is 2.32. The van der Waals surface area contributed by atoms with Crippen molar-refractivity contribution in [2.75, 3.05) is 4.90 Å². The highest BCUT2D eigenvalue weighted by atomic mass is 19.1. The molecular formula is C22H26FN3O2. The number of ether oxygens (including phenoxy) is 1. The van der Waals surface area contributed by atoms with Crippen LogP contribution in [0.5, 0.6) is 0 Å². The van der Waals surface area contributed by atoms with Gasteiger partial charge in [-0.05, 0) is 57.4 Å². The minimum Gasteiger partial charge on any atom is -0.443 e. The van der Waals surface area contributed by atoms with Crippen LogP contribution in [0.2, 0.25) is 0 Å². The number of halogens is 1. The predicted molar refractivity (Wildman–Crippen MR) is 106 cm³/mol. The molecule has 0 atom stereocenters. The smallest absolute Gasteiger partial charge is 0.416 e. The number of carbonyl (C=O) groups is 1. The van der Waals surface area contributed by atoms with Crippen LogP contribution in [-0.2, 0) is 4.74 Å². The second-order valence-corrected chi connectivity index (χ2v) is 8.22.